The first-order valence-electron chi connectivity index (χ1n) is 6.35. The highest BCUT2D eigenvalue weighted by molar-refractivity contribution is 6.31. The molecule has 1 aromatic rings. The lowest BCUT2D eigenvalue weighted by Crippen LogP contribution is -2.43. The maximum Gasteiger partial charge on any atom is 0.0716 e. The molecule has 0 aromatic heterocycles. The molecule has 0 saturated carbocycles. The molecule has 0 bridgehead atoms. The van der Waals surface area contributed by atoms with E-state index in [2.05, 4.69) is 11.8 Å². The highest BCUT2D eigenvalue weighted by Crippen LogP contribution is 2.32. The number of ether oxygens (including phenoxy) is 1. The van der Waals surface area contributed by atoms with Crippen LogP contribution in [0.1, 0.15) is 25.3 Å². The monoisotopic (exact) mass is 269 g/mol. The van der Waals surface area contributed by atoms with Crippen LogP contribution in [0.25, 0.3) is 0 Å². The van der Waals surface area contributed by atoms with E-state index in [-0.39, 0.29) is 6.61 Å². The van der Waals surface area contributed by atoms with Gasteiger partial charge in [-0.15, -0.1) is 0 Å². The number of nitrogens with zero attached hydrogens (tertiary/aromatic N) is 1. The summed E-state index contributed by atoms with van der Waals surface area (Å²) >= 11 is 6.14. The number of halogens is 1. The van der Waals surface area contributed by atoms with Gasteiger partial charge in [0.05, 0.1) is 12.7 Å². The maximum absolute atomic E-state index is 9.48. The molecule has 100 valence electrons. The van der Waals surface area contributed by atoms with E-state index in [1.54, 1.807) is 7.11 Å². The van der Waals surface area contributed by atoms with Crippen LogP contribution in [-0.4, -0.2) is 30.9 Å². The highest BCUT2D eigenvalue weighted by atomic mass is 35.5. The van der Waals surface area contributed by atoms with Gasteiger partial charge in [-0.25, -0.2) is 0 Å². The standard InChI is InChI=1S/C14H20ClNO2/c1-10-8-11(18-2)6-7-16(10)14-5-3-4-13(15)12(14)9-17/h3-5,10-11,17H,6-9H2,1-2H3. The van der Waals surface area contributed by atoms with E-state index in [9.17, 15) is 5.11 Å². The zero-order valence-corrected chi connectivity index (χ0v) is 11.7. The summed E-state index contributed by atoms with van der Waals surface area (Å²) in [7, 11) is 1.77. The molecule has 0 aliphatic carbocycles. The van der Waals surface area contributed by atoms with Gasteiger partial charge in [0, 0.05) is 36.0 Å². The van der Waals surface area contributed by atoms with Crippen LogP contribution >= 0.6 is 11.6 Å². The smallest absolute Gasteiger partial charge is 0.0716 e. The van der Waals surface area contributed by atoms with Gasteiger partial charge >= 0.3 is 0 Å². The Morgan fingerprint density at radius 1 is 1.50 bits per heavy atom. The average molecular weight is 270 g/mol. The molecule has 1 heterocycles. The van der Waals surface area contributed by atoms with Gasteiger partial charge in [-0.2, -0.15) is 0 Å². The second-order valence-electron chi connectivity index (χ2n) is 4.82. The number of hydrogen-bond donors (Lipinski definition) is 1. The SMILES string of the molecule is COC1CCN(c2cccc(Cl)c2CO)C(C)C1. The Morgan fingerprint density at radius 2 is 2.28 bits per heavy atom. The maximum atomic E-state index is 9.48. The summed E-state index contributed by atoms with van der Waals surface area (Å²) in [6.07, 6.45) is 2.36. The van der Waals surface area contributed by atoms with E-state index < -0.39 is 0 Å². The minimum atomic E-state index is -0.0219. The molecular weight excluding hydrogens is 250 g/mol. The van der Waals surface area contributed by atoms with Crippen molar-refractivity contribution in [3.63, 3.8) is 0 Å². The molecule has 1 fully saturated rings. The van der Waals surface area contributed by atoms with Crippen molar-refractivity contribution in [1.82, 2.24) is 0 Å². The highest BCUT2D eigenvalue weighted by Gasteiger charge is 2.27. The van der Waals surface area contributed by atoms with Gasteiger partial charge in [0.1, 0.15) is 0 Å². The first kappa shape index (κ1) is 13.7. The molecule has 0 radical (unpaired) electrons. The van der Waals surface area contributed by atoms with Gasteiger partial charge < -0.3 is 14.7 Å². The molecule has 3 nitrogen and oxygen atoms in total. The Bertz CT molecular complexity index is 411. The quantitative estimate of drug-likeness (QED) is 0.916. The van der Waals surface area contributed by atoms with Gasteiger partial charge in [-0.3, -0.25) is 0 Å². The molecule has 1 aliphatic heterocycles. The van der Waals surface area contributed by atoms with Crippen molar-refractivity contribution < 1.29 is 9.84 Å². The van der Waals surface area contributed by atoms with Crippen LogP contribution in [0.2, 0.25) is 5.02 Å². The molecule has 0 amide bonds. The van der Waals surface area contributed by atoms with Crippen LogP contribution in [0.3, 0.4) is 0 Å². The minimum Gasteiger partial charge on any atom is -0.392 e. The number of anilines is 1. The number of rotatable bonds is 3. The van der Waals surface area contributed by atoms with E-state index in [0.29, 0.717) is 17.2 Å². The predicted octanol–water partition coefficient (Wildman–Crippen LogP) is 2.84. The first-order valence-corrected chi connectivity index (χ1v) is 6.72. The zero-order chi connectivity index (χ0) is 13.1. The largest absolute Gasteiger partial charge is 0.392 e. The molecule has 0 spiro atoms. The summed E-state index contributed by atoms with van der Waals surface area (Å²) in [5.74, 6) is 0. The zero-order valence-electron chi connectivity index (χ0n) is 10.9. The molecule has 1 saturated heterocycles. The molecule has 1 aliphatic rings. The van der Waals surface area contributed by atoms with Gasteiger partial charge in [-0.05, 0) is 31.9 Å². The molecular formula is C14H20ClNO2. The van der Waals surface area contributed by atoms with Crippen LogP contribution in [0.5, 0.6) is 0 Å². The van der Waals surface area contributed by atoms with Gasteiger partial charge in [0.15, 0.2) is 0 Å². The van der Waals surface area contributed by atoms with Crippen molar-refractivity contribution in [3.05, 3.63) is 28.8 Å². The van der Waals surface area contributed by atoms with Gasteiger partial charge in [-0.1, -0.05) is 17.7 Å². The summed E-state index contributed by atoms with van der Waals surface area (Å²) in [5, 5.41) is 10.1. The van der Waals surface area contributed by atoms with Crippen LogP contribution < -0.4 is 4.90 Å². The van der Waals surface area contributed by atoms with E-state index in [0.717, 1.165) is 30.6 Å². The molecule has 4 heteroatoms. The molecule has 2 rings (SSSR count). The van der Waals surface area contributed by atoms with Crippen LogP contribution in [0, 0.1) is 0 Å². The topological polar surface area (TPSA) is 32.7 Å². The second kappa shape index (κ2) is 5.91. The van der Waals surface area contributed by atoms with Crippen LogP contribution in [0.15, 0.2) is 18.2 Å². The van der Waals surface area contributed by atoms with Crippen molar-refractivity contribution >= 4 is 17.3 Å². The fraction of sp³-hybridized carbons (Fsp3) is 0.571. The third kappa shape index (κ3) is 2.63. The van der Waals surface area contributed by atoms with Crippen LogP contribution in [-0.2, 0) is 11.3 Å². The van der Waals surface area contributed by atoms with E-state index in [1.165, 1.54) is 0 Å². The second-order valence-corrected chi connectivity index (χ2v) is 5.23. The fourth-order valence-electron chi connectivity index (χ4n) is 2.67. The Labute approximate surface area is 113 Å². The van der Waals surface area contributed by atoms with Crippen molar-refractivity contribution in [2.24, 2.45) is 0 Å². The molecule has 2 unspecified atom stereocenters. The van der Waals surface area contributed by atoms with E-state index >= 15 is 0 Å². The molecule has 2 atom stereocenters. The Kier molecular flexibility index (Phi) is 4.49. The molecule has 18 heavy (non-hydrogen) atoms. The first-order chi connectivity index (χ1) is 8.67. The normalized spacial score (nSPS) is 24.3. The number of methoxy groups -OCH3 is 1. The molecule has 1 aromatic carbocycles. The third-order valence-electron chi connectivity index (χ3n) is 3.72. The summed E-state index contributed by atoms with van der Waals surface area (Å²) in [5.41, 5.74) is 1.87. The number of aliphatic hydroxyl groups excluding tert-OH is 1. The van der Waals surface area contributed by atoms with Crippen molar-refractivity contribution in [2.75, 3.05) is 18.6 Å². The number of benzene rings is 1. The number of hydrogen-bond acceptors (Lipinski definition) is 3. The lowest BCUT2D eigenvalue weighted by Gasteiger charge is -2.39. The predicted molar refractivity (Wildman–Crippen MR) is 74.2 cm³/mol. The Hall–Kier alpha value is -0.770. The average Bonchev–Trinajstić information content (AvgIpc) is 2.38. The van der Waals surface area contributed by atoms with E-state index in [1.807, 2.05) is 18.2 Å². The summed E-state index contributed by atoms with van der Waals surface area (Å²) in [4.78, 5) is 2.31. The summed E-state index contributed by atoms with van der Waals surface area (Å²) in [6.45, 7) is 3.10. The lowest BCUT2D eigenvalue weighted by molar-refractivity contribution is 0.0720. The summed E-state index contributed by atoms with van der Waals surface area (Å²) in [6, 6.07) is 6.18. The molecule has 1 N–H and O–H groups in total. The van der Waals surface area contributed by atoms with Crippen molar-refractivity contribution in [3.8, 4) is 0 Å². The lowest BCUT2D eigenvalue weighted by atomic mass is 9.98. The van der Waals surface area contributed by atoms with E-state index in [4.69, 9.17) is 16.3 Å². The van der Waals surface area contributed by atoms with Crippen molar-refractivity contribution in [1.29, 1.82) is 0 Å². The number of aliphatic hydroxyl groups is 1. The van der Waals surface area contributed by atoms with Crippen molar-refractivity contribution in [2.45, 2.75) is 38.5 Å². The summed E-state index contributed by atoms with van der Waals surface area (Å²) < 4.78 is 5.42. The van der Waals surface area contributed by atoms with Gasteiger partial charge in [0.2, 0.25) is 0 Å². The minimum absolute atomic E-state index is 0.0219. The fourth-order valence-corrected chi connectivity index (χ4v) is 2.90. The van der Waals surface area contributed by atoms with Gasteiger partial charge in [0.25, 0.3) is 0 Å². The Morgan fingerprint density at radius 3 is 2.89 bits per heavy atom. The Balaban J connectivity index is 2.24. The van der Waals surface area contributed by atoms with Crippen LogP contribution in [0.4, 0.5) is 5.69 Å². The number of piperidine rings is 1. The third-order valence-corrected chi connectivity index (χ3v) is 4.08.